The fraction of sp³-hybridized carbons (Fsp3) is 0. The van der Waals surface area contributed by atoms with Gasteiger partial charge in [0.2, 0.25) is 5.89 Å². The highest BCUT2D eigenvalue weighted by Crippen LogP contribution is 2.42. The van der Waals surface area contributed by atoms with E-state index in [1.165, 1.54) is 0 Å². The molecule has 0 radical (unpaired) electrons. The van der Waals surface area contributed by atoms with Crippen molar-refractivity contribution in [2.45, 2.75) is 0 Å². The minimum absolute atomic E-state index is 0.596. The fourth-order valence-electron chi connectivity index (χ4n) is 8.09. The van der Waals surface area contributed by atoms with Crippen molar-refractivity contribution in [3.05, 3.63) is 170 Å². The molecule has 6 heteroatoms. The van der Waals surface area contributed by atoms with E-state index in [-0.39, 0.29) is 0 Å². The second-order valence-electron chi connectivity index (χ2n) is 13.9. The van der Waals surface area contributed by atoms with Gasteiger partial charge in [0.1, 0.15) is 39.0 Å². The van der Waals surface area contributed by atoms with Crippen molar-refractivity contribution in [2.24, 2.45) is 0 Å². The SMILES string of the molecule is c1ccc(-c2nc3ccc4oc5cc(-c6ccc(N(c7ccc8c(c7)oc7ccccc78)c7ccc8c(c7)oc7ccccc78)cc6)ccc5c4c3o2)cc1. The van der Waals surface area contributed by atoms with E-state index < -0.39 is 0 Å². The Balaban J connectivity index is 0.956. The molecule has 12 rings (SSSR count). The van der Waals surface area contributed by atoms with Gasteiger partial charge < -0.3 is 22.6 Å². The van der Waals surface area contributed by atoms with Crippen LogP contribution in [-0.2, 0) is 0 Å². The standard InChI is InChI=1S/C49H28N2O4/c1-2-8-30(9-3-1)49-50-40-24-25-43-47(48(40)55-49)39-21-16-31(26-44(39)54-43)29-14-17-32(18-15-29)51(33-19-22-37-35-10-4-6-12-41(35)52-45(37)27-33)34-20-23-38-36-11-5-7-13-42(36)53-46(38)28-34/h1-28H. The summed E-state index contributed by atoms with van der Waals surface area (Å²) in [5.41, 5.74) is 12.5. The van der Waals surface area contributed by atoms with E-state index in [2.05, 4.69) is 95.9 Å². The molecule has 0 aliphatic rings. The monoisotopic (exact) mass is 708 g/mol. The average molecular weight is 709 g/mol. The van der Waals surface area contributed by atoms with Crippen LogP contribution in [0.3, 0.4) is 0 Å². The second kappa shape index (κ2) is 11.5. The number of anilines is 3. The third-order valence-electron chi connectivity index (χ3n) is 10.7. The van der Waals surface area contributed by atoms with Crippen LogP contribution in [0.5, 0.6) is 0 Å². The summed E-state index contributed by atoms with van der Waals surface area (Å²) in [6.07, 6.45) is 0. The van der Waals surface area contributed by atoms with E-state index in [0.29, 0.717) is 5.89 Å². The van der Waals surface area contributed by atoms with Crippen LogP contribution in [0, 0.1) is 0 Å². The second-order valence-corrected chi connectivity index (χ2v) is 13.9. The zero-order valence-electron chi connectivity index (χ0n) is 29.2. The number of hydrogen-bond acceptors (Lipinski definition) is 6. The first-order valence-electron chi connectivity index (χ1n) is 18.3. The number of para-hydroxylation sites is 2. The molecule has 0 saturated carbocycles. The van der Waals surface area contributed by atoms with Crippen molar-refractivity contribution in [1.29, 1.82) is 0 Å². The summed E-state index contributed by atoms with van der Waals surface area (Å²) in [5, 5.41) is 6.31. The van der Waals surface area contributed by atoms with Crippen LogP contribution in [0.25, 0.3) is 99.5 Å². The predicted molar refractivity (Wildman–Crippen MR) is 221 cm³/mol. The molecule has 55 heavy (non-hydrogen) atoms. The Hall–Kier alpha value is -7.57. The lowest BCUT2D eigenvalue weighted by atomic mass is 10.0. The van der Waals surface area contributed by atoms with Gasteiger partial charge in [-0.1, -0.05) is 72.8 Å². The summed E-state index contributed by atoms with van der Waals surface area (Å²) >= 11 is 0. The molecule has 0 aliphatic carbocycles. The van der Waals surface area contributed by atoms with Crippen LogP contribution >= 0.6 is 0 Å². The van der Waals surface area contributed by atoms with Gasteiger partial charge in [0.05, 0.1) is 5.39 Å². The van der Waals surface area contributed by atoms with Crippen LogP contribution < -0.4 is 4.90 Å². The summed E-state index contributed by atoms with van der Waals surface area (Å²) in [6.45, 7) is 0. The highest BCUT2D eigenvalue weighted by atomic mass is 16.4. The van der Waals surface area contributed by atoms with Gasteiger partial charge in [-0.2, -0.15) is 0 Å². The third-order valence-corrected chi connectivity index (χ3v) is 10.7. The summed E-state index contributed by atoms with van der Waals surface area (Å²) in [4.78, 5) is 7.03. The van der Waals surface area contributed by atoms with Crippen LogP contribution in [-0.4, -0.2) is 4.98 Å². The molecule has 12 aromatic rings. The molecule has 0 saturated heterocycles. The Labute approximate surface area is 313 Å². The largest absolute Gasteiger partial charge is 0.456 e. The lowest BCUT2D eigenvalue weighted by Crippen LogP contribution is -2.09. The number of aromatic nitrogens is 1. The van der Waals surface area contributed by atoms with Gasteiger partial charge in [-0.15, -0.1) is 0 Å². The number of rotatable bonds is 5. The van der Waals surface area contributed by atoms with Gasteiger partial charge in [0.25, 0.3) is 0 Å². The average Bonchev–Trinajstić information content (AvgIpc) is 4.02. The van der Waals surface area contributed by atoms with Crippen molar-refractivity contribution < 1.29 is 17.7 Å². The number of hydrogen-bond donors (Lipinski definition) is 0. The van der Waals surface area contributed by atoms with Gasteiger partial charge in [0, 0.05) is 61.7 Å². The molecule has 8 aromatic carbocycles. The summed E-state index contributed by atoms with van der Waals surface area (Å²) in [5.74, 6) is 0.596. The van der Waals surface area contributed by atoms with Crippen molar-refractivity contribution in [2.75, 3.05) is 4.90 Å². The Bertz CT molecular complexity index is 3330. The molecule has 0 aliphatic heterocycles. The molecule has 4 aromatic heterocycles. The number of furan rings is 3. The quantitative estimate of drug-likeness (QED) is 0.177. The van der Waals surface area contributed by atoms with Crippen molar-refractivity contribution in [1.82, 2.24) is 4.98 Å². The van der Waals surface area contributed by atoms with Crippen LogP contribution in [0.2, 0.25) is 0 Å². The number of nitrogens with zero attached hydrogens (tertiary/aromatic N) is 2. The molecule has 0 fully saturated rings. The minimum atomic E-state index is 0.596. The number of fused-ring (bicyclic) bond motifs is 11. The first kappa shape index (κ1) is 29.9. The Morgan fingerprint density at radius 2 is 0.891 bits per heavy atom. The maximum absolute atomic E-state index is 6.42. The zero-order chi connectivity index (χ0) is 36.0. The molecule has 0 spiro atoms. The lowest BCUT2D eigenvalue weighted by Gasteiger charge is -2.25. The topological polar surface area (TPSA) is 68.7 Å². The normalized spacial score (nSPS) is 12.0. The van der Waals surface area contributed by atoms with Gasteiger partial charge in [-0.3, -0.25) is 0 Å². The molecule has 0 unspecified atom stereocenters. The molecule has 0 atom stereocenters. The van der Waals surface area contributed by atoms with E-state index in [1.54, 1.807) is 0 Å². The van der Waals surface area contributed by atoms with Crippen molar-refractivity contribution in [3.8, 4) is 22.6 Å². The van der Waals surface area contributed by atoms with E-state index in [0.717, 1.165) is 111 Å². The Morgan fingerprint density at radius 3 is 1.58 bits per heavy atom. The third kappa shape index (κ3) is 4.65. The van der Waals surface area contributed by atoms with Crippen LogP contribution in [0.15, 0.2) is 188 Å². The molecular weight excluding hydrogens is 681 g/mol. The van der Waals surface area contributed by atoms with E-state index >= 15 is 0 Å². The molecule has 0 bridgehead atoms. The van der Waals surface area contributed by atoms with Gasteiger partial charge in [0.15, 0.2) is 5.58 Å². The number of benzene rings is 8. The smallest absolute Gasteiger partial charge is 0.227 e. The van der Waals surface area contributed by atoms with E-state index in [1.807, 2.05) is 78.9 Å². The molecule has 0 N–H and O–H groups in total. The first-order valence-corrected chi connectivity index (χ1v) is 18.3. The Morgan fingerprint density at radius 1 is 0.345 bits per heavy atom. The maximum atomic E-state index is 6.42. The number of oxazole rings is 1. The predicted octanol–water partition coefficient (Wildman–Crippen LogP) is 14.3. The van der Waals surface area contributed by atoms with E-state index in [9.17, 15) is 0 Å². The molecule has 0 amide bonds. The van der Waals surface area contributed by atoms with Gasteiger partial charge in [-0.05, 0) is 96.1 Å². The van der Waals surface area contributed by atoms with Crippen LogP contribution in [0.1, 0.15) is 0 Å². The first-order chi connectivity index (χ1) is 27.2. The van der Waals surface area contributed by atoms with Crippen LogP contribution in [0.4, 0.5) is 17.1 Å². The highest BCUT2D eigenvalue weighted by Gasteiger charge is 2.20. The molecule has 6 nitrogen and oxygen atoms in total. The maximum Gasteiger partial charge on any atom is 0.227 e. The highest BCUT2D eigenvalue weighted by molar-refractivity contribution is 6.17. The molecular formula is C49H28N2O4. The van der Waals surface area contributed by atoms with Gasteiger partial charge >= 0.3 is 0 Å². The minimum Gasteiger partial charge on any atom is -0.456 e. The zero-order valence-corrected chi connectivity index (χ0v) is 29.2. The lowest BCUT2D eigenvalue weighted by molar-refractivity contribution is 0.622. The fourth-order valence-corrected chi connectivity index (χ4v) is 8.09. The molecule has 258 valence electrons. The van der Waals surface area contributed by atoms with Crippen molar-refractivity contribution >= 4 is 94.0 Å². The summed E-state index contributed by atoms with van der Waals surface area (Å²) in [6, 6.07) is 58.1. The van der Waals surface area contributed by atoms with E-state index in [4.69, 9.17) is 22.7 Å². The molecule has 4 heterocycles. The summed E-state index contributed by atoms with van der Waals surface area (Å²) < 4.78 is 25.4. The summed E-state index contributed by atoms with van der Waals surface area (Å²) in [7, 11) is 0. The Kier molecular flexibility index (Phi) is 6.24. The van der Waals surface area contributed by atoms with Gasteiger partial charge in [-0.25, -0.2) is 4.98 Å². The van der Waals surface area contributed by atoms with Crippen molar-refractivity contribution in [3.63, 3.8) is 0 Å².